The van der Waals surface area contributed by atoms with Gasteiger partial charge in [0.05, 0.1) is 4.92 Å². The second kappa shape index (κ2) is 9.63. The lowest BCUT2D eigenvalue weighted by Gasteiger charge is -2.34. The van der Waals surface area contributed by atoms with Gasteiger partial charge in [0.15, 0.2) is 0 Å². The summed E-state index contributed by atoms with van der Waals surface area (Å²) in [6, 6.07) is 11.1. The van der Waals surface area contributed by atoms with E-state index >= 15 is 0 Å². The molecule has 3 rings (SSSR count). The number of carbonyl (C=O) groups is 1. The zero-order chi connectivity index (χ0) is 22.4. The Morgan fingerprint density at radius 1 is 1.29 bits per heavy atom. The first-order valence-electron chi connectivity index (χ1n) is 10.4. The molecule has 31 heavy (non-hydrogen) atoms. The fourth-order valence-electron chi connectivity index (χ4n) is 3.58. The predicted molar refractivity (Wildman–Crippen MR) is 119 cm³/mol. The van der Waals surface area contributed by atoms with E-state index in [1.807, 2.05) is 56.0 Å². The van der Waals surface area contributed by atoms with E-state index < -0.39 is 16.6 Å². The number of nitrogens with one attached hydrogen (secondary N) is 2. The average Bonchev–Trinajstić information content (AvgIpc) is 2.71. The molecule has 1 aromatic heterocycles. The van der Waals surface area contributed by atoms with Crippen LogP contribution in [0.3, 0.4) is 0 Å². The number of benzene rings is 1. The second-order valence-electron chi connectivity index (χ2n) is 8.55. The maximum Gasteiger partial charge on any atom is 0.407 e. The summed E-state index contributed by atoms with van der Waals surface area (Å²) in [4.78, 5) is 29.8. The van der Waals surface area contributed by atoms with Crippen LogP contribution in [-0.2, 0) is 11.3 Å². The summed E-state index contributed by atoms with van der Waals surface area (Å²) in [5, 5.41) is 17.9. The summed E-state index contributed by atoms with van der Waals surface area (Å²) >= 11 is 0. The lowest BCUT2D eigenvalue weighted by atomic mass is 10.0. The van der Waals surface area contributed by atoms with E-state index in [1.165, 1.54) is 0 Å². The Morgan fingerprint density at radius 2 is 2.03 bits per heavy atom. The van der Waals surface area contributed by atoms with Crippen LogP contribution in [0.15, 0.2) is 42.6 Å². The predicted octanol–water partition coefficient (Wildman–Crippen LogP) is 4.10. The van der Waals surface area contributed by atoms with Crippen molar-refractivity contribution < 1.29 is 14.5 Å². The van der Waals surface area contributed by atoms with Crippen molar-refractivity contribution in [1.29, 1.82) is 0 Å². The van der Waals surface area contributed by atoms with Crippen LogP contribution in [0.1, 0.15) is 39.2 Å². The average molecular weight is 428 g/mol. The standard InChI is InChI=1S/C22H29N5O4/c1-22(2,3)31-21(28)25-17-10-7-13-26(15-17)18-11-12-23-20(19(18)27(29)30)24-14-16-8-5-4-6-9-16/h4-6,8-9,11-12,17H,7,10,13-15H2,1-3H3,(H,23,24)(H,25,28). The molecule has 1 atom stereocenters. The Morgan fingerprint density at radius 3 is 2.71 bits per heavy atom. The molecule has 1 amide bonds. The Balaban J connectivity index is 1.75. The zero-order valence-corrected chi connectivity index (χ0v) is 18.1. The minimum atomic E-state index is -0.582. The number of pyridine rings is 1. The maximum absolute atomic E-state index is 12.1. The first-order valence-corrected chi connectivity index (χ1v) is 10.4. The quantitative estimate of drug-likeness (QED) is 0.528. The highest BCUT2D eigenvalue weighted by Gasteiger charge is 2.30. The molecule has 1 aromatic carbocycles. The molecule has 2 aromatic rings. The highest BCUT2D eigenvalue weighted by molar-refractivity contribution is 5.74. The van der Waals surface area contributed by atoms with Crippen molar-refractivity contribution in [3.63, 3.8) is 0 Å². The lowest BCUT2D eigenvalue weighted by molar-refractivity contribution is -0.383. The number of hydrogen-bond donors (Lipinski definition) is 2. The molecule has 1 saturated heterocycles. The third-order valence-electron chi connectivity index (χ3n) is 4.87. The summed E-state index contributed by atoms with van der Waals surface area (Å²) in [6.07, 6.45) is 2.68. The van der Waals surface area contributed by atoms with Gasteiger partial charge >= 0.3 is 11.8 Å². The van der Waals surface area contributed by atoms with Crippen LogP contribution in [0.5, 0.6) is 0 Å². The van der Waals surface area contributed by atoms with Gasteiger partial charge in [-0.1, -0.05) is 30.3 Å². The number of amides is 1. The number of rotatable bonds is 6. The summed E-state index contributed by atoms with van der Waals surface area (Å²) in [6.45, 7) is 6.98. The SMILES string of the molecule is CC(C)(C)OC(=O)NC1CCCN(c2ccnc(NCc3ccccc3)c2[N+](=O)[O-])C1. The topological polar surface area (TPSA) is 110 Å². The van der Waals surface area contributed by atoms with Crippen LogP contribution in [0.4, 0.5) is 22.0 Å². The van der Waals surface area contributed by atoms with Gasteiger partial charge in [-0.25, -0.2) is 9.78 Å². The molecule has 9 heteroatoms. The first-order chi connectivity index (χ1) is 14.7. The molecule has 1 aliphatic heterocycles. The molecule has 1 fully saturated rings. The van der Waals surface area contributed by atoms with Crippen molar-refractivity contribution in [2.75, 3.05) is 23.3 Å². The largest absolute Gasteiger partial charge is 0.444 e. The molecule has 2 heterocycles. The molecule has 2 N–H and O–H groups in total. The number of ether oxygens (including phenoxy) is 1. The molecule has 9 nitrogen and oxygen atoms in total. The minimum Gasteiger partial charge on any atom is -0.444 e. The third kappa shape index (κ3) is 6.31. The van der Waals surface area contributed by atoms with E-state index in [9.17, 15) is 14.9 Å². The van der Waals surface area contributed by atoms with Crippen LogP contribution < -0.4 is 15.5 Å². The van der Waals surface area contributed by atoms with E-state index in [4.69, 9.17) is 4.74 Å². The van der Waals surface area contributed by atoms with Crippen LogP contribution >= 0.6 is 0 Å². The smallest absolute Gasteiger partial charge is 0.407 e. The molecular formula is C22H29N5O4. The van der Waals surface area contributed by atoms with Crippen molar-refractivity contribution in [3.05, 3.63) is 58.3 Å². The van der Waals surface area contributed by atoms with Gasteiger partial charge in [0.2, 0.25) is 5.82 Å². The van der Waals surface area contributed by atoms with Gasteiger partial charge < -0.3 is 20.3 Å². The van der Waals surface area contributed by atoms with Gasteiger partial charge in [0, 0.05) is 31.9 Å². The van der Waals surface area contributed by atoms with Crippen molar-refractivity contribution in [2.24, 2.45) is 0 Å². The fourth-order valence-corrected chi connectivity index (χ4v) is 3.58. The number of piperidine rings is 1. The van der Waals surface area contributed by atoms with E-state index in [-0.39, 0.29) is 17.5 Å². The van der Waals surface area contributed by atoms with Crippen LogP contribution in [0.25, 0.3) is 0 Å². The Hall–Kier alpha value is -3.36. The number of nitrogens with zero attached hydrogens (tertiary/aromatic N) is 3. The van der Waals surface area contributed by atoms with Crippen molar-refractivity contribution in [2.45, 2.75) is 51.8 Å². The maximum atomic E-state index is 12.1. The van der Waals surface area contributed by atoms with Gasteiger partial charge in [-0.3, -0.25) is 10.1 Å². The number of aromatic nitrogens is 1. The molecule has 1 aliphatic rings. The Labute approximate surface area is 182 Å². The van der Waals surface area contributed by atoms with Gasteiger partial charge in [-0.15, -0.1) is 0 Å². The molecular weight excluding hydrogens is 398 g/mol. The minimum absolute atomic E-state index is 0.0589. The first kappa shape index (κ1) is 22.3. The van der Waals surface area contributed by atoms with Crippen LogP contribution in [0.2, 0.25) is 0 Å². The van der Waals surface area contributed by atoms with Crippen molar-refractivity contribution in [3.8, 4) is 0 Å². The number of nitro groups is 1. The van der Waals surface area contributed by atoms with Gasteiger partial charge in [-0.05, 0) is 45.2 Å². The molecule has 0 radical (unpaired) electrons. The Bertz CT molecular complexity index is 914. The van der Waals surface area contributed by atoms with Gasteiger partial charge in [0.1, 0.15) is 11.3 Å². The van der Waals surface area contributed by atoms with Gasteiger partial charge in [0.25, 0.3) is 0 Å². The Kier molecular flexibility index (Phi) is 6.94. The van der Waals surface area contributed by atoms with Crippen molar-refractivity contribution >= 4 is 23.3 Å². The monoisotopic (exact) mass is 427 g/mol. The highest BCUT2D eigenvalue weighted by atomic mass is 16.6. The third-order valence-corrected chi connectivity index (χ3v) is 4.87. The number of anilines is 2. The molecule has 0 spiro atoms. The molecule has 0 bridgehead atoms. The zero-order valence-electron chi connectivity index (χ0n) is 18.1. The molecule has 0 saturated carbocycles. The van der Waals surface area contributed by atoms with E-state index in [2.05, 4.69) is 15.6 Å². The second-order valence-corrected chi connectivity index (χ2v) is 8.55. The summed E-state index contributed by atoms with van der Waals surface area (Å²) in [7, 11) is 0. The summed E-state index contributed by atoms with van der Waals surface area (Å²) in [5.74, 6) is 0.230. The van der Waals surface area contributed by atoms with Crippen LogP contribution in [-0.4, -0.2) is 40.7 Å². The normalized spacial score (nSPS) is 16.5. The molecule has 166 valence electrons. The summed E-state index contributed by atoms with van der Waals surface area (Å²) in [5.41, 5.74) is 0.855. The number of hydrogen-bond acceptors (Lipinski definition) is 7. The van der Waals surface area contributed by atoms with E-state index in [1.54, 1.807) is 12.3 Å². The van der Waals surface area contributed by atoms with Crippen molar-refractivity contribution in [1.82, 2.24) is 10.3 Å². The molecule has 0 aliphatic carbocycles. The van der Waals surface area contributed by atoms with Gasteiger partial charge in [-0.2, -0.15) is 0 Å². The highest BCUT2D eigenvalue weighted by Crippen LogP contribution is 2.35. The van der Waals surface area contributed by atoms with Crippen LogP contribution in [0, 0.1) is 10.1 Å². The lowest BCUT2D eigenvalue weighted by Crippen LogP contribution is -2.49. The fraction of sp³-hybridized carbons (Fsp3) is 0.455. The molecule has 1 unspecified atom stereocenters. The number of carbonyl (C=O) groups excluding carboxylic acids is 1. The number of alkyl carbamates (subject to hydrolysis) is 1. The van der Waals surface area contributed by atoms with E-state index in [0.717, 1.165) is 18.4 Å². The van der Waals surface area contributed by atoms with E-state index in [0.29, 0.717) is 25.3 Å². The summed E-state index contributed by atoms with van der Waals surface area (Å²) < 4.78 is 5.34.